The monoisotopic (exact) mass is 482 g/mol. The molecule has 0 amide bonds. The molecule has 3 heterocycles. The van der Waals surface area contributed by atoms with Crippen LogP contribution < -0.4 is 5.56 Å². The summed E-state index contributed by atoms with van der Waals surface area (Å²) in [5.74, 6) is 1.45. The average molecular weight is 483 g/mol. The molecule has 0 bridgehead atoms. The maximum atomic E-state index is 13.5. The van der Waals surface area contributed by atoms with Crippen molar-refractivity contribution in [3.8, 4) is 0 Å². The van der Waals surface area contributed by atoms with Crippen LogP contribution in [-0.4, -0.2) is 43.2 Å². The molecule has 2 aromatic carbocycles. The SMILES string of the molecule is Cc1ccc2cc(C(c3nnnn3C3CCCC3)N3CCC(Cc4ccccc4)CC3)c(=O)[nH]c2c1. The highest BCUT2D eigenvalue weighted by atomic mass is 16.1. The molecule has 1 saturated heterocycles. The lowest BCUT2D eigenvalue weighted by atomic mass is 9.89. The number of aromatic nitrogens is 5. The zero-order chi connectivity index (χ0) is 24.5. The van der Waals surface area contributed by atoms with E-state index in [4.69, 9.17) is 0 Å². The Hall–Kier alpha value is -3.32. The summed E-state index contributed by atoms with van der Waals surface area (Å²) < 4.78 is 2.02. The Morgan fingerprint density at radius 1 is 1.00 bits per heavy atom. The van der Waals surface area contributed by atoms with Crippen LogP contribution in [0.25, 0.3) is 10.9 Å². The topological polar surface area (TPSA) is 79.7 Å². The largest absolute Gasteiger partial charge is 0.322 e. The second kappa shape index (κ2) is 9.97. The molecule has 2 aliphatic rings. The molecular weight excluding hydrogens is 448 g/mol. The minimum atomic E-state index is -0.257. The molecule has 0 radical (unpaired) electrons. The Morgan fingerprint density at radius 3 is 2.56 bits per heavy atom. The number of rotatable bonds is 6. The summed E-state index contributed by atoms with van der Waals surface area (Å²) in [5, 5.41) is 14.1. The molecule has 7 nitrogen and oxygen atoms in total. The van der Waals surface area contributed by atoms with Crippen LogP contribution in [0.5, 0.6) is 0 Å². The first-order valence-corrected chi connectivity index (χ1v) is 13.3. The summed E-state index contributed by atoms with van der Waals surface area (Å²) in [5.41, 5.74) is 4.10. The minimum absolute atomic E-state index is 0.0505. The number of nitrogens with one attached hydrogen (secondary N) is 1. The van der Waals surface area contributed by atoms with Gasteiger partial charge in [-0.15, -0.1) is 5.10 Å². The average Bonchev–Trinajstić information content (AvgIpc) is 3.59. The number of likely N-dealkylation sites (tertiary alicyclic amines) is 1. The van der Waals surface area contributed by atoms with E-state index in [2.05, 4.69) is 73.9 Å². The summed E-state index contributed by atoms with van der Waals surface area (Å²) in [6.07, 6.45) is 7.90. The summed E-state index contributed by atoms with van der Waals surface area (Å²) >= 11 is 0. The van der Waals surface area contributed by atoms with Gasteiger partial charge in [0.15, 0.2) is 5.82 Å². The zero-order valence-electron chi connectivity index (χ0n) is 20.9. The number of hydrogen-bond acceptors (Lipinski definition) is 5. The number of tetrazole rings is 1. The molecule has 1 N–H and O–H groups in total. The van der Waals surface area contributed by atoms with Crippen LogP contribution in [0.15, 0.2) is 59.4 Å². The van der Waals surface area contributed by atoms with Gasteiger partial charge in [0.25, 0.3) is 5.56 Å². The van der Waals surface area contributed by atoms with Crippen LogP contribution in [0.1, 0.15) is 73.1 Å². The van der Waals surface area contributed by atoms with Crippen LogP contribution in [0.2, 0.25) is 0 Å². The molecule has 0 spiro atoms. The van der Waals surface area contributed by atoms with E-state index in [0.29, 0.717) is 12.0 Å². The van der Waals surface area contributed by atoms with E-state index in [1.165, 1.54) is 18.4 Å². The van der Waals surface area contributed by atoms with E-state index in [-0.39, 0.29) is 11.6 Å². The maximum Gasteiger partial charge on any atom is 0.253 e. The van der Waals surface area contributed by atoms with Crippen molar-refractivity contribution >= 4 is 10.9 Å². The summed E-state index contributed by atoms with van der Waals surface area (Å²) in [4.78, 5) is 19.1. The van der Waals surface area contributed by atoms with Gasteiger partial charge < -0.3 is 4.98 Å². The Balaban J connectivity index is 1.34. The Labute approximate surface area is 211 Å². The van der Waals surface area contributed by atoms with Crippen molar-refractivity contribution in [3.63, 3.8) is 0 Å². The van der Waals surface area contributed by atoms with Gasteiger partial charge in [0.05, 0.1) is 6.04 Å². The van der Waals surface area contributed by atoms with Crippen molar-refractivity contribution in [1.82, 2.24) is 30.1 Å². The van der Waals surface area contributed by atoms with Crippen molar-refractivity contribution in [3.05, 3.63) is 87.5 Å². The van der Waals surface area contributed by atoms with Crippen molar-refractivity contribution < 1.29 is 0 Å². The molecule has 2 fully saturated rings. The van der Waals surface area contributed by atoms with Crippen LogP contribution in [0, 0.1) is 12.8 Å². The lowest BCUT2D eigenvalue weighted by Gasteiger charge is -2.37. The number of nitrogens with zero attached hydrogens (tertiary/aromatic N) is 5. The van der Waals surface area contributed by atoms with E-state index in [1.807, 2.05) is 17.7 Å². The Bertz CT molecular complexity index is 1380. The van der Waals surface area contributed by atoms with Crippen molar-refractivity contribution in [2.75, 3.05) is 13.1 Å². The predicted octanol–water partition coefficient (Wildman–Crippen LogP) is 4.98. The zero-order valence-corrected chi connectivity index (χ0v) is 20.9. The van der Waals surface area contributed by atoms with Gasteiger partial charge in [-0.3, -0.25) is 9.69 Å². The van der Waals surface area contributed by atoms with Crippen LogP contribution in [0.3, 0.4) is 0 Å². The second-order valence-corrected chi connectivity index (χ2v) is 10.6. The van der Waals surface area contributed by atoms with Gasteiger partial charge in [-0.2, -0.15) is 0 Å². The molecule has 1 saturated carbocycles. The lowest BCUT2D eigenvalue weighted by Crippen LogP contribution is -2.41. The van der Waals surface area contributed by atoms with E-state index in [9.17, 15) is 4.79 Å². The van der Waals surface area contributed by atoms with Crippen LogP contribution in [0.4, 0.5) is 0 Å². The van der Waals surface area contributed by atoms with Gasteiger partial charge >= 0.3 is 0 Å². The number of hydrogen-bond donors (Lipinski definition) is 1. The molecule has 7 heteroatoms. The number of aromatic amines is 1. The number of aryl methyl sites for hydroxylation is 1. The highest BCUT2D eigenvalue weighted by Crippen LogP contribution is 2.36. The molecule has 36 heavy (non-hydrogen) atoms. The molecule has 1 unspecified atom stereocenters. The quantitative estimate of drug-likeness (QED) is 0.419. The lowest BCUT2D eigenvalue weighted by molar-refractivity contribution is 0.141. The Kier molecular flexibility index (Phi) is 6.40. The van der Waals surface area contributed by atoms with E-state index in [0.717, 1.165) is 73.0 Å². The molecule has 2 aromatic heterocycles. The maximum absolute atomic E-state index is 13.5. The fourth-order valence-corrected chi connectivity index (χ4v) is 6.19. The molecule has 6 rings (SSSR count). The molecule has 1 aliphatic carbocycles. The van der Waals surface area contributed by atoms with Crippen molar-refractivity contribution in [2.24, 2.45) is 5.92 Å². The number of H-pyrrole nitrogens is 1. The first-order valence-electron chi connectivity index (χ1n) is 13.3. The third-order valence-electron chi connectivity index (χ3n) is 8.14. The van der Waals surface area contributed by atoms with Gasteiger partial charge in [-0.25, -0.2) is 4.68 Å². The molecular formula is C29H34N6O. The van der Waals surface area contributed by atoms with Gasteiger partial charge in [0.2, 0.25) is 0 Å². The summed E-state index contributed by atoms with van der Waals surface area (Å²) in [6, 6.07) is 19.1. The van der Waals surface area contributed by atoms with E-state index in [1.54, 1.807) is 0 Å². The molecule has 1 aliphatic heterocycles. The standard InChI is InChI=1S/C29H34N6O/c1-20-11-12-23-19-25(29(36)30-26(23)17-20)27(28-31-32-33-35(28)24-9-5-6-10-24)34-15-13-22(14-16-34)18-21-7-3-2-4-8-21/h2-4,7-8,11-12,17,19,22,24,27H,5-6,9-10,13-16,18H2,1H3,(H,30,36). The first-order chi connectivity index (χ1) is 17.7. The fourth-order valence-electron chi connectivity index (χ4n) is 6.19. The third-order valence-corrected chi connectivity index (χ3v) is 8.14. The van der Waals surface area contributed by atoms with E-state index < -0.39 is 0 Å². The third kappa shape index (κ3) is 4.60. The summed E-state index contributed by atoms with van der Waals surface area (Å²) in [6.45, 7) is 3.89. The number of fused-ring (bicyclic) bond motifs is 1. The summed E-state index contributed by atoms with van der Waals surface area (Å²) in [7, 11) is 0. The fraction of sp³-hybridized carbons (Fsp3) is 0.448. The van der Waals surface area contributed by atoms with Crippen LogP contribution in [-0.2, 0) is 6.42 Å². The van der Waals surface area contributed by atoms with E-state index >= 15 is 0 Å². The number of piperidine rings is 1. The normalized spacial score (nSPS) is 18.7. The van der Waals surface area contributed by atoms with Crippen molar-refractivity contribution in [2.45, 2.75) is 64.0 Å². The smallest absolute Gasteiger partial charge is 0.253 e. The molecule has 186 valence electrons. The molecule has 4 aromatic rings. The van der Waals surface area contributed by atoms with Gasteiger partial charge in [0, 0.05) is 11.1 Å². The number of pyridine rings is 1. The Morgan fingerprint density at radius 2 is 1.78 bits per heavy atom. The predicted molar refractivity (Wildman–Crippen MR) is 141 cm³/mol. The number of benzene rings is 2. The molecule has 1 atom stereocenters. The van der Waals surface area contributed by atoms with Gasteiger partial charge in [0.1, 0.15) is 6.04 Å². The van der Waals surface area contributed by atoms with Gasteiger partial charge in [-0.05, 0) is 97.1 Å². The van der Waals surface area contributed by atoms with Crippen LogP contribution >= 0.6 is 0 Å². The van der Waals surface area contributed by atoms with Crippen molar-refractivity contribution in [1.29, 1.82) is 0 Å². The first kappa shape index (κ1) is 23.1. The highest BCUT2D eigenvalue weighted by Gasteiger charge is 2.35. The highest BCUT2D eigenvalue weighted by molar-refractivity contribution is 5.79. The van der Waals surface area contributed by atoms with Gasteiger partial charge in [-0.1, -0.05) is 55.3 Å². The second-order valence-electron chi connectivity index (χ2n) is 10.6. The minimum Gasteiger partial charge on any atom is -0.322 e.